The number of benzene rings is 2. The van der Waals surface area contributed by atoms with Crippen LogP contribution in [0.3, 0.4) is 0 Å². The van der Waals surface area contributed by atoms with Gasteiger partial charge < -0.3 is 14.7 Å². The minimum Gasteiger partial charge on any atom is -0.445 e. The number of hydrogen-bond donors (Lipinski definition) is 1. The van der Waals surface area contributed by atoms with Gasteiger partial charge in [0, 0.05) is 18.5 Å². The van der Waals surface area contributed by atoms with Gasteiger partial charge in [0.2, 0.25) is 0 Å². The lowest BCUT2D eigenvalue weighted by Gasteiger charge is -2.27. The van der Waals surface area contributed by atoms with E-state index in [9.17, 15) is 14.3 Å². The van der Waals surface area contributed by atoms with Gasteiger partial charge in [-0.05, 0) is 36.1 Å². The zero-order chi connectivity index (χ0) is 17.7. The van der Waals surface area contributed by atoms with Crippen molar-refractivity contribution >= 4 is 6.09 Å². The molecule has 3 rings (SSSR count). The third-order valence-corrected chi connectivity index (χ3v) is 4.73. The molecule has 0 saturated carbocycles. The van der Waals surface area contributed by atoms with Gasteiger partial charge in [-0.2, -0.15) is 0 Å². The quantitative estimate of drug-likeness (QED) is 0.905. The van der Waals surface area contributed by atoms with Crippen molar-refractivity contribution in [3.05, 3.63) is 71.5 Å². The largest absolute Gasteiger partial charge is 0.445 e. The van der Waals surface area contributed by atoms with E-state index < -0.39 is 5.41 Å². The van der Waals surface area contributed by atoms with Crippen molar-refractivity contribution in [2.24, 2.45) is 5.41 Å². The summed E-state index contributed by atoms with van der Waals surface area (Å²) in [6.07, 6.45) is 0.936. The Balaban J connectivity index is 1.58. The van der Waals surface area contributed by atoms with Gasteiger partial charge in [0.25, 0.3) is 0 Å². The predicted octanol–water partition coefficient (Wildman–Crippen LogP) is 3.39. The number of ether oxygens (including phenoxy) is 1. The van der Waals surface area contributed by atoms with Gasteiger partial charge in [-0.1, -0.05) is 42.5 Å². The van der Waals surface area contributed by atoms with Crippen LogP contribution in [0.1, 0.15) is 17.5 Å². The van der Waals surface area contributed by atoms with E-state index in [1.54, 1.807) is 17.0 Å². The van der Waals surface area contributed by atoms with E-state index >= 15 is 0 Å². The van der Waals surface area contributed by atoms with E-state index in [0.29, 0.717) is 25.9 Å². The van der Waals surface area contributed by atoms with Crippen LogP contribution in [0, 0.1) is 11.2 Å². The lowest BCUT2D eigenvalue weighted by atomic mass is 9.81. The maximum absolute atomic E-state index is 13.1. The van der Waals surface area contributed by atoms with Crippen molar-refractivity contribution in [1.29, 1.82) is 0 Å². The van der Waals surface area contributed by atoms with Crippen molar-refractivity contribution < 1.29 is 19.0 Å². The first-order valence-corrected chi connectivity index (χ1v) is 8.41. The molecule has 2 aromatic carbocycles. The van der Waals surface area contributed by atoms with Crippen LogP contribution in [-0.2, 0) is 17.8 Å². The van der Waals surface area contributed by atoms with Crippen LogP contribution in [0.2, 0.25) is 0 Å². The van der Waals surface area contributed by atoms with Crippen LogP contribution < -0.4 is 0 Å². The summed E-state index contributed by atoms with van der Waals surface area (Å²) in [6.45, 7) is 1.21. The fraction of sp³-hybridized carbons (Fsp3) is 0.350. The molecule has 1 aliphatic heterocycles. The fourth-order valence-electron chi connectivity index (χ4n) is 3.27. The molecule has 0 aliphatic carbocycles. The number of amides is 1. The van der Waals surface area contributed by atoms with E-state index in [1.165, 1.54) is 12.1 Å². The number of nitrogens with zero attached hydrogens (tertiary/aromatic N) is 1. The molecule has 0 bridgehead atoms. The molecule has 1 fully saturated rings. The predicted molar refractivity (Wildman–Crippen MR) is 92.4 cm³/mol. The average Bonchev–Trinajstić information content (AvgIpc) is 3.07. The van der Waals surface area contributed by atoms with Crippen LogP contribution in [0.25, 0.3) is 0 Å². The van der Waals surface area contributed by atoms with E-state index in [0.717, 1.165) is 11.1 Å². The molecule has 1 heterocycles. The van der Waals surface area contributed by atoms with E-state index in [1.807, 2.05) is 30.3 Å². The average molecular weight is 343 g/mol. The van der Waals surface area contributed by atoms with E-state index in [-0.39, 0.29) is 25.1 Å². The van der Waals surface area contributed by atoms with Gasteiger partial charge in [0.15, 0.2) is 0 Å². The Morgan fingerprint density at radius 1 is 1.12 bits per heavy atom. The lowest BCUT2D eigenvalue weighted by Crippen LogP contribution is -2.35. The lowest BCUT2D eigenvalue weighted by molar-refractivity contribution is 0.0898. The first-order chi connectivity index (χ1) is 12.1. The highest BCUT2D eigenvalue weighted by Gasteiger charge is 2.40. The molecule has 1 amide bonds. The van der Waals surface area contributed by atoms with Gasteiger partial charge in [-0.3, -0.25) is 0 Å². The molecule has 1 atom stereocenters. The number of halogens is 1. The molecular weight excluding hydrogens is 321 g/mol. The molecule has 2 aromatic rings. The second kappa shape index (κ2) is 7.66. The molecule has 1 N–H and O–H groups in total. The Labute approximate surface area is 146 Å². The van der Waals surface area contributed by atoms with Crippen molar-refractivity contribution in [1.82, 2.24) is 4.90 Å². The Kier molecular flexibility index (Phi) is 5.34. The highest BCUT2D eigenvalue weighted by molar-refractivity contribution is 5.68. The third kappa shape index (κ3) is 4.37. The number of rotatable bonds is 5. The standard InChI is InChI=1S/C20H22FNO3/c21-18-8-6-16(7-9-18)12-20(15-23)10-11-22(14-20)19(24)25-13-17-4-2-1-3-5-17/h1-9,23H,10-15H2. The molecule has 132 valence electrons. The topological polar surface area (TPSA) is 49.8 Å². The molecule has 0 aromatic heterocycles. The maximum Gasteiger partial charge on any atom is 0.410 e. The third-order valence-electron chi connectivity index (χ3n) is 4.73. The van der Waals surface area contributed by atoms with E-state index in [4.69, 9.17) is 4.74 Å². The van der Waals surface area contributed by atoms with Crippen LogP contribution in [0.4, 0.5) is 9.18 Å². The Bertz CT molecular complexity index is 705. The molecule has 1 aliphatic rings. The summed E-state index contributed by atoms with van der Waals surface area (Å²) in [5.74, 6) is -0.278. The van der Waals surface area contributed by atoms with E-state index in [2.05, 4.69) is 0 Å². The molecule has 1 saturated heterocycles. The van der Waals surface area contributed by atoms with Gasteiger partial charge in [0.1, 0.15) is 12.4 Å². The number of carbonyl (C=O) groups excluding carboxylic acids is 1. The zero-order valence-corrected chi connectivity index (χ0v) is 14.0. The van der Waals surface area contributed by atoms with Gasteiger partial charge in [0.05, 0.1) is 6.61 Å². The molecule has 4 nitrogen and oxygen atoms in total. The second-order valence-corrected chi connectivity index (χ2v) is 6.67. The summed E-state index contributed by atoms with van der Waals surface area (Å²) < 4.78 is 18.4. The molecule has 0 radical (unpaired) electrons. The Hall–Kier alpha value is -2.40. The summed E-state index contributed by atoms with van der Waals surface area (Å²) in [5, 5.41) is 9.89. The zero-order valence-electron chi connectivity index (χ0n) is 14.0. The monoisotopic (exact) mass is 343 g/mol. The number of carbonyl (C=O) groups is 1. The van der Waals surface area contributed by atoms with Gasteiger partial charge in [-0.15, -0.1) is 0 Å². The smallest absolute Gasteiger partial charge is 0.410 e. The number of hydrogen-bond acceptors (Lipinski definition) is 3. The normalized spacial score (nSPS) is 19.8. The summed E-state index contributed by atoms with van der Waals surface area (Å²) >= 11 is 0. The van der Waals surface area contributed by atoms with Crippen molar-refractivity contribution in [2.75, 3.05) is 19.7 Å². The summed E-state index contributed by atoms with van der Waals surface area (Å²) in [6, 6.07) is 15.8. The minimum atomic E-state index is -0.399. The summed E-state index contributed by atoms with van der Waals surface area (Å²) in [7, 11) is 0. The van der Waals surface area contributed by atoms with Crippen molar-refractivity contribution in [2.45, 2.75) is 19.4 Å². The van der Waals surface area contributed by atoms with Crippen LogP contribution >= 0.6 is 0 Å². The molecule has 1 unspecified atom stereocenters. The number of likely N-dealkylation sites (tertiary alicyclic amines) is 1. The highest BCUT2D eigenvalue weighted by Crippen LogP contribution is 2.34. The first kappa shape index (κ1) is 17.4. The van der Waals surface area contributed by atoms with Crippen molar-refractivity contribution in [3.63, 3.8) is 0 Å². The van der Waals surface area contributed by atoms with Crippen LogP contribution in [-0.4, -0.2) is 35.8 Å². The van der Waals surface area contributed by atoms with Crippen LogP contribution in [0.5, 0.6) is 0 Å². The van der Waals surface area contributed by atoms with Crippen LogP contribution in [0.15, 0.2) is 54.6 Å². The Morgan fingerprint density at radius 2 is 1.84 bits per heavy atom. The molecular formula is C20H22FNO3. The van der Waals surface area contributed by atoms with Crippen molar-refractivity contribution in [3.8, 4) is 0 Å². The number of aliphatic hydroxyl groups excluding tert-OH is 1. The fourth-order valence-corrected chi connectivity index (χ4v) is 3.27. The highest BCUT2D eigenvalue weighted by atomic mass is 19.1. The summed E-state index contributed by atoms with van der Waals surface area (Å²) in [4.78, 5) is 13.9. The second-order valence-electron chi connectivity index (χ2n) is 6.67. The first-order valence-electron chi connectivity index (χ1n) is 8.41. The SMILES string of the molecule is O=C(OCc1ccccc1)N1CCC(CO)(Cc2ccc(F)cc2)C1. The molecule has 0 spiro atoms. The van der Waals surface area contributed by atoms with Gasteiger partial charge in [-0.25, -0.2) is 9.18 Å². The number of aliphatic hydroxyl groups is 1. The summed E-state index contributed by atoms with van der Waals surface area (Å²) in [5.41, 5.74) is 1.49. The molecule has 5 heteroatoms. The maximum atomic E-state index is 13.1. The van der Waals surface area contributed by atoms with Gasteiger partial charge >= 0.3 is 6.09 Å². The minimum absolute atomic E-state index is 0.0210. The molecule has 25 heavy (non-hydrogen) atoms. The Morgan fingerprint density at radius 3 is 2.52 bits per heavy atom.